The van der Waals surface area contributed by atoms with E-state index >= 15 is 0 Å². The molecule has 2 rings (SSSR count). The first-order valence-corrected chi connectivity index (χ1v) is 5.89. The second-order valence-electron chi connectivity index (χ2n) is 3.12. The molecule has 0 aliphatic heterocycles. The van der Waals surface area contributed by atoms with Gasteiger partial charge in [-0.05, 0) is 18.2 Å². The molecular formula is C12H6ClFN2S. The minimum absolute atomic E-state index is 0.253. The third-order valence-electron chi connectivity index (χ3n) is 2.02. The predicted octanol–water partition coefficient (Wildman–Crippen LogP) is 3.90. The Hall–Kier alpha value is -1.57. The van der Waals surface area contributed by atoms with E-state index in [1.807, 2.05) is 6.07 Å². The van der Waals surface area contributed by atoms with Gasteiger partial charge in [0.05, 0.1) is 10.6 Å². The van der Waals surface area contributed by atoms with Gasteiger partial charge < -0.3 is 0 Å². The SMILES string of the molecule is N#Cc1ccnc(Sc2ccccc2F)c1Cl. The molecule has 0 spiro atoms. The molecule has 0 saturated carbocycles. The summed E-state index contributed by atoms with van der Waals surface area (Å²) in [6.45, 7) is 0. The fourth-order valence-electron chi connectivity index (χ4n) is 1.21. The van der Waals surface area contributed by atoms with Crippen molar-refractivity contribution >= 4 is 23.4 Å². The van der Waals surface area contributed by atoms with Crippen LogP contribution in [0.2, 0.25) is 5.02 Å². The number of benzene rings is 1. The molecule has 84 valence electrons. The molecule has 0 fully saturated rings. The van der Waals surface area contributed by atoms with Gasteiger partial charge in [0.1, 0.15) is 16.9 Å². The second kappa shape index (κ2) is 5.17. The van der Waals surface area contributed by atoms with Gasteiger partial charge in [-0.25, -0.2) is 9.37 Å². The molecule has 0 saturated heterocycles. The van der Waals surface area contributed by atoms with E-state index in [2.05, 4.69) is 4.98 Å². The summed E-state index contributed by atoms with van der Waals surface area (Å²) in [5, 5.41) is 9.50. The lowest BCUT2D eigenvalue weighted by atomic mass is 10.3. The zero-order valence-electron chi connectivity index (χ0n) is 8.52. The lowest BCUT2D eigenvalue weighted by molar-refractivity contribution is 0.602. The molecule has 2 aromatic rings. The van der Waals surface area contributed by atoms with Crippen LogP contribution in [0.1, 0.15) is 5.56 Å². The molecule has 5 heteroatoms. The van der Waals surface area contributed by atoms with Crippen LogP contribution in [0.25, 0.3) is 0 Å². The number of aromatic nitrogens is 1. The number of pyridine rings is 1. The maximum Gasteiger partial charge on any atom is 0.137 e. The first-order chi connectivity index (χ1) is 8.22. The summed E-state index contributed by atoms with van der Waals surface area (Å²) in [5.74, 6) is -0.335. The molecule has 0 N–H and O–H groups in total. The number of hydrogen-bond acceptors (Lipinski definition) is 3. The highest BCUT2D eigenvalue weighted by molar-refractivity contribution is 7.99. The van der Waals surface area contributed by atoms with Crippen LogP contribution in [0, 0.1) is 17.1 Å². The van der Waals surface area contributed by atoms with E-state index in [-0.39, 0.29) is 10.8 Å². The summed E-state index contributed by atoms with van der Waals surface area (Å²) in [5.41, 5.74) is 0.334. The smallest absolute Gasteiger partial charge is 0.137 e. The minimum Gasteiger partial charge on any atom is -0.248 e. The van der Waals surface area contributed by atoms with E-state index in [1.54, 1.807) is 18.2 Å². The number of nitriles is 1. The molecule has 0 aliphatic carbocycles. The molecule has 2 nitrogen and oxygen atoms in total. The van der Waals surface area contributed by atoms with Gasteiger partial charge in [0.2, 0.25) is 0 Å². The Labute approximate surface area is 107 Å². The highest BCUT2D eigenvalue weighted by atomic mass is 35.5. The van der Waals surface area contributed by atoms with Crippen molar-refractivity contribution in [1.29, 1.82) is 5.26 Å². The summed E-state index contributed by atoms with van der Waals surface area (Å²) >= 11 is 7.08. The van der Waals surface area contributed by atoms with Gasteiger partial charge in [-0.2, -0.15) is 5.26 Å². The molecule has 1 aromatic heterocycles. The van der Waals surface area contributed by atoms with Crippen molar-refractivity contribution < 1.29 is 4.39 Å². The highest BCUT2D eigenvalue weighted by Crippen LogP contribution is 2.34. The molecule has 0 unspecified atom stereocenters. The lowest BCUT2D eigenvalue weighted by Gasteiger charge is -2.04. The zero-order valence-corrected chi connectivity index (χ0v) is 10.1. The minimum atomic E-state index is -0.335. The number of hydrogen-bond donors (Lipinski definition) is 0. The average molecular weight is 265 g/mol. The molecule has 0 amide bonds. The Morgan fingerprint density at radius 3 is 2.76 bits per heavy atom. The number of halogens is 2. The van der Waals surface area contributed by atoms with Crippen molar-refractivity contribution in [2.75, 3.05) is 0 Å². The fourth-order valence-corrected chi connectivity index (χ4v) is 2.32. The second-order valence-corrected chi connectivity index (χ2v) is 4.53. The van der Waals surface area contributed by atoms with Crippen LogP contribution in [-0.2, 0) is 0 Å². The van der Waals surface area contributed by atoms with Crippen molar-refractivity contribution in [1.82, 2.24) is 4.98 Å². The van der Waals surface area contributed by atoms with Gasteiger partial charge in [0, 0.05) is 11.1 Å². The topological polar surface area (TPSA) is 36.7 Å². The third kappa shape index (κ3) is 2.57. The lowest BCUT2D eigenvalue weighted by Crippen LogP contribution is -1.87. The first kappa shape index (κ1) is 11.9. The summed E-state index contributed by atoms with van der Waals surface area (Å²) < 4.78 is 13.4. The Bertz CT molecular complexity index is 595. The van der Waals surface area contributed by atoms with Crippen LogP contribution < -0.4 is 0 Å². The molecule has 1 heterocycles. The van der Waals surface area contributed by atoms with Crippen LogP contribution in [0.5, 0.6) is 0 Å². The molecule has 0 aliphatic rings. The van der Waals surface area contributed by atoms with Gasteiger partial charge >= 0.3 is 0 Å². The number of rotatable bonds is 2. The molecule has 0 radical (unpaired) electrons. The van der Waals surface area contributed by atoms with Gasteiger partial charge in [-0.15, -0.1) is 0 Å². The van der Waals surface area contributed by atoms with E-state index in [1.165, 1.54) is 18.3 Å². The third-order valence-corrected chi connectivity index (χ3v) is 3.57. The zero-order chi connectivity index (χ0) is 12.3. The standard InChI is InChI=1S/C12H6ClFN2S/c13-11-8(7-15)5-6-16-12(11)17-10-4-2-1-3-9(10)14/h1-6H. The van der Waals surface area contributed by atoms with Crippen LogP contribution >= 0.6 is 23.4 Å². The van der Waals surface area contributed by atoms with Crippen LogP contribution in [0.3, 0.4) is 0 Å². The maximum absolute atomic E-state index is 13.4. The highest BCUT2D eigenvalue weighted by Gasteiger charge is 2.10. The van der Waals surface area contributed by atoms with Crippen LogP contribution in [0.15, 0.2) is 46.5 Å². The average Bonchev–Trinajstić information content (AvgIpc) is 2.34. The quantitative estimate of drug-likeness (QED) is 0.825. The molecule has 0 bridgehead atoms. The fraction of sp³-hybridized carbons (Fsp3) is 0. The van der Waals surface area contributed by atoms with Crippen molar-refractivity contribution in [3.05, 3.63) is 52.9 Å². The van der Waals surface area contributed by atoms with Gasteiger partial charge in [0.15, 0.2) is 0 Å². The summed E-state index contributed by atoms with van der Waals surface area (Å²) in [7, 11) is 0. The van der Waals surface area contributed by atoms with E-state index in [9.17, 15) is 4.39 Å². The van der Waals surface area contributed by atoms with Crippen molar-refractivity contribution in [3.63, 3.8) is 0 Å². The Kier molecular flexibility index (Phi) is 3.62. The summed E-state index contributed by atoms with van der Waals surface area (Å²) in [4.78, 5) is 4.46. The Morgan fingerprint density at radius 2 is 2.06 bits per heavy atom. The van der Waals surface area contributed by atoms with Crippen molar-refractivity contribution in [3.8, 4) is 6.07 Å². The monoisotopic (exact) mass is 264 g/mol. The Balaban J connectivity index is 2.38. The van der Waals surface area contributed by atoms with Crippen molar-refractivity contribution in [2.45, 2.75) is 9.92 Å². The van der Waals surface area contributed by atoms with Gasteiger partial charge in [0.25, 0.3) is 0 Å². The van der Waals surface area contributed by atoms with Crippen LogP contribution in [-0.4, -0.2) is 4.98 Å². The number of nitrogens with zero attached hydrogens (tertiary/aromatic N) is 2. The van der Waals surface area contributed by atoms with E-state index < -0.39 is 0 Å². The molecular weight excluding hydrogens is 259 g/mol. The van der Waals surface area contributed by atoms with Crippen LogP contribution in [0.4, 0.5) is 4.39 Å². The summed E-state index contributed by atoms with van der Waals surface area (Å²) in [6.07, 6.45) is 1.48. The molecule has 1 aromatic carbocycles. The van der Waals surface area contributed by atoms with E-state index in [0.29, 0.717) is 15.5 Å². The first-order valence-electron chi connectivity index (χ1n) is 4.69. The predicted molar refractivity (Wildman–Crippen MR) is 64.5 cm³/mol. The van der Waals surface area contributed by atoms with Gasteiger partial charge in [-0.3, -0.25) is 0 Å². The van der Waals surface area contributed by atoms with E-state index in [0.717, 1.165) is 11.8 Å². The normalized spacial score (nSPS) is 9.94. The molecule has 17 heavy (non-hydrogen) atoms. The van der Waals surface area contributed by atoms with Crippen molar-refractivity contribution in [2.24, 2.45) is 0 Å². The largest absolute Gasteiger partial charge is 0.248 e. The maximum atomic E-state index is 13.4. The van der Waals surface area contributed by atoms with Gasteiger partial charge in [-0.1, -0.05) is 35.5 Å². The molecule has 0 atom stereocenters. The Morgan fingerprint density at radius 1 is 1.29 bits per heavy atom. The van der Waals surface area contributed by atoms with E-state index in [4.69, 9.17) is 16.9 Å². The summed E-state index contributed by atoms with van der Waals surface area (Å²) in [6, 6.07) is 9.82.